The lowest BCUT2D eigenvalue weighted by atomic mass is 9.97. The van der Waals surface area contributed by atoms with E-state index >= 15 is 0 Å². The molecule has 0 N–H and O–H groups in total. The molecule has 230 valence electrons. The first-order chi connectivity index (χ1) is 24.2. The van der Waals surface area contributed by atoms with E-state index in [1.165, 1.54) is 0 Å². The van der Waals surface area contributed by atoms with Crippen LogP contribution in [-0.2, 0) is 0 Å². The van der Waals surface area contributed by atoms with E-state index in [9.17, 15) is 4.79 Å². The molecule has 0 amide bonds. The van der Waals surface area contributed by atoms with Gasteiger partial charge in [0.05, 0.1) is 39.0 Å². The second kappa shape index (κ2) is 11.8. The number of ether oxygens (including phenoxy) is 1. The van der Waals surface area contributed by atoms with E-state index in [4.69, 9.17) is 19.7 Å². The smallest absolute Gasteiger partial charge is 0.344 e. The van der Waals surface area contributed by atoms with Crippen molar-refractivity contribution in [1.29, 1.82) is 0 Å². The summed E-state index contributed by atoms with van der Waals surface area (Å²) in [7, 11) is 0. The van der Waals surface area contributed by atoms with E-state index in [1.807, 2.05) is 79.0 Å². The second-order valence-electron chi connectivity index (χ2n) is 11.8. The number of carbonyl (C=O) groups is 1. The average molecular weight is 631 g/mol. The standard InChI is InChI=1S/C43H26N4O2/c48-43(49-32-14-5-2-6-15-32)36-26-31-19-21-38(47-40(31)42-34(36)17-9-23-45-42)29-13-7-12-28(24-29)37-20-18-30-25-35(27-10-3-1-4-11-27)33-16-8-22-44-41(33)39(30)46-37/h1-26H. The van der Waals surface area contributed by atoms with Gasteiger partial charge in [0, 0.05) is 45.1 Å². The molecule has 0 bridgehead atoms. The van der Waals surface area contributed by atoms with Gasteiger partial charge in [-0.15, -0.1) is 0 Å². The Kier molecular flexibility index (Phi) is 6.84. The maximum Gasteiger partial charge on any atom is 0.344 e. The van der Waals surface area contributed by atoms with Crippen molar-refractivity contribution in [3.05, 3.63) is 164 Å². The summed E-state index contributed by atoms with van der Waals surface area (Å²) in [6.45, 7) is 0. The van der Waals surface area contributed by atoms with Crippen LogP contribution in [0, 0.1) is 0 Å². The van der Waals surface area contributed by atoms with Crippen LogP contribution in [0.2, 0.25) is 0 Å². The first kappa shape index (κ1) is 28.4. The Bertz CT molecular complexity index is 2710. The number of esters is 1. The molecule has 0 aliphatic rings. The van der Waals surface area contributed by atoms with Crippen LogP contribution < -0.4 is 4.74 Å². The number of benzene rings is 5. The topological polar surface area (TPSA) is 77.9 Å². The molecule has 6 nitrogen and oxygen atoms in total. The van der Waals surface area contributed by atoms with Gasteiger partial charge >= 0.3 is 5.97 Å². The molecule has 0 spiro atoms. The molecular weight excluding hydrogens is 604 g/mol. The molecule has 6 heteroatoms. The Morgan fingerprint density at radius 3 is 1.71 bits per heavy atom. The molecule has 5 aromatic carbocycles. The zero-order chi connectivity index (χ0) is 32.7. The van der Waals surface area contributed by atoms with E-state index in [-0.39, 0.29) is 0 Å². The molecule has 49 heavy (non-hydrogen) atoms. The van der Waals surface area contributed by atoms with Crippen LogP contribution in [-0.4, -0.2) is 25.9 Å². The molecule has 0 unspecified atom stereocenters. The highest BCUT2D eigenvalue weighted by Crippen LogP contribution is 2.35. The molecule has 0 fully saturated rings. The van der Waals surface area contributed by atoms with Crippen LogP contribution >= 0.6 is 0 Å². The highest BCUT2D eigenvalue weighted by molar-refractivity contribution is 6.14. The molecular formula is C43H26N4O2. The molecule has 4 aromatic heterocycles. The number of rotatable bonds is 5. The summed E-state index contributed by atoms with van der Waals surface area (Å²) in [5, 5.41) is 3.59. The number of carbonyl (C=O) groups excluding carboxylic acids is 1. The summed E-state index contributed by atoms with van der Waals surface area (Å²) < 4.78 is 5.69. The van der Waals surface area contributed by atoms with Crippen molar-refractivity contribution in [3.63, 3.8) is 0 Å². The number of fused-ring (bicyclic) bond motifs is 6. The van der Waals surface area contributed by atoms with Gasteiger partial charge in [0.1, 0.15) is 5.75 Å². The monoisotopic (exact) mass is 630 g/mol. The van der Waals surface area contributed by atoms with Gasteiger partial charge in [0.25, 0.3) is 0 Å². The van der Waals surface area contributed by atoms with Gasteiger partial charge in [0.2, 0.25) is 0 Å². The third-order valence-electron chi connectivity index (χ3n) is 8.81. The summed E-state index contributed by atoms with van der Waals surface area (Å²) >= 11 is 0. The molecule has 9 rings (SSSR count). The molecule has 0 aliphatic carbocycles. The Labute approximate surface area is 281 Å². The lowest BCUT2D eigenvalue weighted by molar-refractivity contribution is 0.0737. The minimum absolute atomic E-state index is 0.440. The SMILES string of the molecule is O=C(Oc1ccccc1)c1cc2ccc(-c3cccc(-c4ccc5cc(-c6ccccc6)c6cccnc6c5n4)c3)nc2c2ncccc12. The van der Waals surface area contributed by atoms with Crippen molar-refractivity contribution in [2.24, 2.45) is 0 Å². The van der Waals surface area contributed by atoms with E-state index in [1.54, 1.807) is 18.3 Å². The molecule has 4 heterocycles. The average Bonchev–Trinajstić information content (AvgIpc) is 3.17. The Morgan fingerprint density at radius 1 is 0.469 bits per heavy atom. The van der Waals surface area contributed by atoms with Crippen molar-refractivity contribution < 1.29 is 9.53 Å². The molecule has 0 atom stereocenters. The molecule has 0 saturated heterocycles. The van der Waals surface area contributed by atoms with Crippen LogP contribution in [0.25, 0.3) is 77.3 Å². The van der Waals surface area contributed by atoms with Crippen LogP contribution in [0.15, 0.2) is 158 Å². The fourth-order valence-corrected chi connectivity index (χ4v) is 6.48. The minimum Gasteiger partial charge on any atom is -0.423 e. The van der Waals surface area contributed by atoms with Crippen LogP contribution in [0.3, 0.4) is 0 Å². The number of para-hydroxylation sites is 1. The maximum atomic E-state index is 13.3. The minimum atomic E-state index is -0.440. The number of pyridine rings is 4. The Balaban J connectivity index is 1.12. The third kappa shape index (κ3) is 5.12. The summed E-state index contributed by atoms with van der Waals surface area (Å²) in [6, 6.07) is 47.6. The molecule has 0 radical (unpaired) electrons. The van der Waals surface area contributed by atoms with Crippen molar-refractivity contribution in [2.45, 2.75) is 0 Å². The van der Waals surface area contributed by atoms with E-state index in [2.05, 4.69) is 65.6 Å². The first-order valence-electron chi connectivity index (χ1n) is 16.0. The summed E-state index contributed by atoms with van der Waals surface area (Å²) in [5.74, 6) is 0.0466. The summed E-state index contributed by atoms with van der Waals surface area (Å²) in [5.41, 5.74) is 9.38. The highest BCUT2D eigenvalue weighted by Gasteiger charge is 2.18. The van der Waals surface area contributed by atoms with Gasteiger partial charge in [-0.25, -0.2) is 14.8 Å². The predicted molar refractivity (Wildman–Crippen MR) is 195 cm³/mol. The van der Waals surface area contributed by atoms with Gasteiger partial charge < -0.3 is 4.74 Å². The first-order valence-corrected chi connectivity index (χ1v) is 16.0. The van der Waals surface area contributed by atoms with Crippen LogP contribution in [0.5, 0.6) is 5.75 Å². The van der Waals surface area contributed by atoms with E-state index < -0.39 is 5.97 Å². The number of hydrogen-bond acceptors (Lipinski definition) is 6. The third-order valence-corrected chi connectivity index (χ3v) is 8.81. The fraction of sp³-hybridized carbons (Fsp3) is 0. The van der Waals surface area contributed by atoms with Crippen LogP contribution in [0.1, 0.15) is 10.4 Å². The van der Waals surface area contributed by atoms with Crippen molar-refractivity contribution in [1.82, 2.24) is 19.9 Å². The van der Waals surface area contributed by atoms with E-state index in [0.717, 1.165) is 60.8 Å². The molecule has 9 aromatic rings. The largest absolute Gasteiger partial charge is 0.423 e. The zero-order valence-corrected chi connectivity index (χ0v) is 26.1. The van der Waals surface area contributed by atoms with Crippen molar-refractivity contribution in [3.8, 4) is 39.4 Å². The van der Waals surface area contributed by atoms with Crippen molar-refractivity contribution >= 4 is 49.6 Å². The zero-order valence-electron chi connectivity index (χ0n) is 26.1. The Morgan fingerprint density at radius 2 is 1.04 bits per heavy atom. The summed E-state index contributed by atoms with van der Waals surface area (Å²) in [6.07, 6.45) is 3.54. The lowest BCUT2D eigenvalue weighted by Crippen LogP contribution is -2.09. The van der Waals surface area contributed by atoms with Gasteiger partial charge in [-0.1, -0.05) is 91.0 Å². The van der Waals surface area contributed by atoms with E-state index in [0.29, 0.717) is 27.7 Å². The second-order valence-corrected chi connectivity index (χ2v) is 11.8. The summed E-state index contributed by atoms with van der Waals surface area (Å²) in [4.78, 5) is 33.0. The van der Waals surface area contributed by atoms with Crippen molar-refractivity contribution in [2.75, 3.05) is 0 Å². The number of aromatic nitrogens is 4. The molecule has 0 aliphatic heterocycles. The number of hydrogen-bond donors (Lipinski definition) is 0. The normalized spacial score (nSPS) is 11.3. The fourth-order valence-electron chi connectivity index (χ4n) is 6.48. The van der Waals surface area contributed by atoms with Crippen LogP contribution in [0.4, 0.5) is 0 Å². The maximum absolute atomic E-state index is 13.3. The van der Waals surface area contributed by atoms with Gasteiger partial charge in [0.15, 0.2) is 0 Å². The Hall–Kier alpha value is -6.79. The highest BCUT2D eigenvalue weighted by atomic mass is 16.5. The number of nitrogens with zero attached hydrogens (tertiary/aromatic N) is 4. The predicted octanol–water partition coefficient (Wildman–Crippen LogP) is 10.1. The lowest BCUT2D eigenvalue weighted by Gasteiger charge is -2.12. The quantitative estimate of drug-likeness (QED) is 0.107. The van der Waals surface area contributed by atoms with Gasteiger partial charge in [-0.05, 0) is 65.7 Å². The van der Waals surface area contributed by atoms with Gasteiger partial charge in [-0.2, -0.15) is 0 Å². The molecule has 0 saturated carbocycles. The van der Waals surface area contributed by atoms with Gasteiger partial charge in [-0.3, -0.25) is 9.97 Å².